The maximum atomic E-state index is 12.2. The monoisotopic (exact) mass is 265 g/mol. The molecule has 0 aliphatic heterocycles. The minimum Gasteiger partial charge on any atom is -0.494 e. The molecule has 4 nitrogen and oxygen atoms in total. The van der Waals surface area contributed by atoms with Crippen LogP contribution in [0, 0.1) is 20.8 Å². The Balaban J connectivity index is 3.43. The van der Waals surface area contributed by atoms with Crippen molar-refractivity contribution in [1.29, 1.82) is 0 Å². The van der Waals surface area contributed by atoms with E-state index in [2.05, 4.69) is 0 Å². The zero-order chi connectivity index (χ0) is 15.0. The Kier molecular flexibility index (Phi) is 4.25. The number of carbonyl (C=O) groups is 1. The summed E-state index contributed by atoms with van der Waals surface area (Å²) < 4.78 is 5.45. The van der Waals surface area contributed by atoms with E-state index in [9.17, 15) is 9.90 Å². The van der Waals surface area contributed by atoms with Gasteiger partial charge in [0.15, 0.2) is 0 Å². The molecule has 1 aromatic carbocycles. The van der Waals surface area contributed by atoms with E-state index in [1.54, 1.807) is 14.2 Å². The lowest BCUT2D eigenvalue weighted by molar-refractivity contribution is -0.133. The van der Waals surface area contributed by atoms with E-state index in [0.29, 0.717) is 11.4 Å². The van der Waals surface area contributed by atoms with Gasteiger partial charge in [-0.3, -0.25) is 4.79 Å². The molecule has 0 radical (unpaired) electrons. The van der Waals surface area contributed by atoms with Crippen molar-refractivity contribution in [2.75, 3.05) is 19.1 Å². The molecule has 0 unspecified atom stereocenters. The van der Waals surface area contributed by atoms with Gasteiger partial charge in [0.2, 0.25) is 0 Å². The van der Waals surface area contributed by atoms with Gasteiger partial charge in [0, 0.05) is 7.05 Å². The second-order valence-corrected chi connectivity index (χ2v) is 5.44. The number of hydrogen-bond acceptors (Lipinski definition) is 3. The molecular weight excluding hydrogens is 242 g/mol. The third-order valence-electron chi connectivity index (χ3n) is 3.32. The summed E-state index contributed by atoms with van der Waals surface area (Å²) in [6, 6.07) is 2.02. The Morgan fingerprint density at radius 3 is 2.21 bits per heavy atom. The first-order chi connectivity index (χ1) is 8.61. The van der Waals surface area contributed by atoms with Crippen LogP contribution in [0.5, 0.6) is 5.75 Å². The molecule has 4 heteroatoms. The molecule has 1 aromatic rings. The predicted molar refractivity (Wildman–Crippen MR) is 76.9 cm³/mol. The first-order valence-electron chi connectivity index (χ1n) is 6.26. The number of anilines is 1. The van der Waals surface area contributed by atoms with Crippen LogP contribution in [0.3, 0.4) is 0 Å². The molecule has 1 rings (SSSR count). The average molecular weight is 265 g/mol. The van der Waals surface area contributed by atoms with Crippen molar-refractivity contribution in [2.24, 2.45) is 0 Å². The summed E-state index contributed by atoms with van der Waals surface area (Å²) in [6.07, 6.45) is 0. The first-order valence-corrected chi connectivity index (χ1v) is 6.26. The van der Waals surface area contributed by atoms with Crippen LogP contribution in [-0.2, 0) is 4.79 Å². The Morgan fingerprint density at radius 1 is 1.26 bits per heavy atom. The van der Waals surface area contributed by atoms with Crippen molar-refractivity contribution in [3.63, 3.8) is 0 Å². The highest BCUT2D eigenvalue weighted by molar-refractivity contribution is 6.00. The van der Waals surface area contributed by atoms with Gasteiger partial charge in [0.1, 0.15) is 11.4 Å². The molecule has 0 bridgehead atoms. The van der Waals surface area contributed by atoms with Crippen LogP contribution in [0.25, 0.3) is 0 Å². The molecule has 1 N–H and O–H groups in total. The predicted octanol–water partition coefficient (Wildman–Crippen LogP) is 2.35. The summed E-state index contributed by atoms with van der Waals surface area (Å²) in [6.45, 7) is 8.85. The van der Waals surface area contributed by atoms with Gasteiger partial charge in [-0.05, 0) is 51.3 Å². The molecule has 106 valence electrons. The van der Waals surface area contributed by atoms with E-state index in [1.807, 2.05) is 26.8 Å². The van der Waals surface area contributed by atoms with Crippen molar-refractivity contribution in [1.82, 2.24) is 0 Å². The fourth-order valence-electron chi connectivity index (χ4n) is 2.22. The second kappa shape index (κ2) is 5.21. The summed E-state index contributed by atoms with van der Waals surface area (Å²) in [5.74, 6) is 0.315. The van der Waals surface area contributed by atoms with Crippen molar-refractivity contribution in [3.05, 3.63) is 22.8 Å². The molecule has 0 atom stereocenters. The minimum absolute atomic E-state index is 0.364. The quantitative estimate of drug-likeness (QED) is 0.912. The van der Waals surface area contributed by atoms with E-state index in [4.69, 9.17) is 4.74 Å². The van der Waals surface area contributed by atoms with Gasteiger partial charge in [0.05, 0.1) is 12.8 Å². The summed E-state index contributed by atoms with van der Waals surface area (Å²) in [7, 11) is 3.24. The maximum Gasteiger partial charge on any atom is 0.258 e. The molecular formula is C15H23NO3. The third-order valence-corrected chi connectivity index (χ3v) is 3.32. The number of methoxy groups -OCH3 is 1. The van der Waals surface area contributed by atoms with Gasteiger partial charge < -0.3 is 14.7 Å². The summed E-state index contributed by atoms with van der Waals surface area (Å²) in [5.41, 5.74) is 2.35. The van der Waals surface area contributed by atoms with Crippen molar-refractivity contribution in [3.8, 4) is 5.75 Å². The number of rotatable bonds is 3. The molecule has 0 aliphatic carbocycles. The first kappa shape index (κ1) is 15.5. The number of aliphatic hydroxyl groups is 1. The summed E-state index contributed by atoms with van der Waals surface area (Å²) >= 11 is 0. The smallest absolute Gasteiger partial charge is 0.258 e. The van der Waals surface area contributed by atoms with E-state index in [1.165, 1.54) is 18.7 Å². The van der Waals surface area contributed by atoms with Crippen LogP contribution in [0.1, 0.15) is 30.5 Å². The summed E-state index contributed by atoms with van der Waals surface area (Å²) in [5, 5.41) is 9.86. The topological polar surface area (TPSA) is 49.8 Å². The lowest BCUT2D eigenvalue weighted by Crippen LogP contribution is -2.43. The van der Waals surface area contributed by atoms with Gasteiger partial charge in [-0.1, -0.05) is 6.07 Å². The number of carbonyl (C=O) groups excluding carboxylic acids is 1. The fourth-order valence-corrected chi connectivity index (χ4v) is 2.22. The normalized spacial score (nSPS) is 11.4. The van der Waals surface area contributed by atoms with Crippen molar-refractivity contribution in [2.45, 2.75) is 40.2 Å². The maximum absolute atomic E-state index is 12.2. The Labute approximate surface area is 115 Å². The van der Waals surface area contributed by atoms with Gasteiger partial charge in [-0.15, -0.1) is 0 Å². The number of likely N-dealkylation sites (N-methyl/N-ethyl adjacent to an activating group) is 1. The second-order valence-electron chi connectivity index (χ2n) is 5.44. The third kappa shape index (κ3) is 2.89. The standard InChI is InChI=1S/C15H23NO3/c1-9-8-10(2)12(13(19-7)11(9)3)16(6)14(17)15(4,5)18/h8,18H,1-7H3. The molecule has 0 saturated heterocycles. The van der Waals surface area contributed by atoms with Crippen LogP contribution in [0.2, 0.25) is 0 Å². The number of aryl methyl sites for hydroxylation is 2. The number of hydrogen-bond donors (Lipinski definition) is 1. The van der Waals surface area contributed by atoms with E-state index in [-0.39, 0.29) is 5.91 Å². The highest BCUT2D eigenvalue weighted by atomic mass is 16.5. The minimum atomic E-state index is -1.41. The van der Waals surface area contributed by atoms with Gasteiger partial charge in [-0.2, -0.15) is 0 Å². The molecule has 19 heavy (non-hydrogen) atoms. The van der Waals surface area contributed by atoms with E-state index in [0.717, 1.165) is 16.7 Å². The molecule has 0 aromatic heterocycles. The zero-order valence-corrected chi connectivity index (χ0v) is 12.8. The van der Waals surface area contributed by atoms with Gasteiger partial charge >= 0.3 is 0 Å². The lowest BCUT2D eigenvalue weighted by atomic mass is 10.0. The Morgan fingerprint density at radius 2 is 1.79 bits per heavy atom. The SMILES string of the molecule is COc1c(C)c(C)cc(C)c1N(C)C(=O)C(C)(C)O. The van der Waals surface area contributed by atoms with Gasteiger partial charge in [-0.25, -0.2) is 0 Å². The molecule has 0 saturated carbocycles. The number of amides is 1. The molecule has 0 spiro atoms. The lowest BCUT2D eigenvalue weighted by Gasteiger charge is -2.28. The van der Waals surface area contributed by atoms with Crippen molar-refractivity contribution < 1.29 is 14.6 Å². The number of nitrogens with zero attached hydrogens (tertiary/aromatic N) is 1. The fraction of sp³-hybridized carbons (Fsp3) is 0.533. The van der Waals surface area contributed by atoms with E-state index < -0.39 is 5.60 Å². The van der Waals surface area contributed by atoms with Crippen LogP contribution < -0.4 is 9.64 Å². The highest BCUT2D eigenvalue weighted by Crippen LogP contribution is 2.37. The summed E-state index contributed by atoms with van der Waals surface area (Å²) in [4.78, 5) is 13.7. The molecule has 0 heterocycles. The number of benzene rings is 1. The van der Waals surface area contributed by atoms with Crippen molar-refractivity contribution >= 4 is 11.6 Å². The largest absolute Gasteiger partial charge is 0.494 e. The molecule has 0 fully saturated rings. The van der Waals surface area contributed by atoms with Crippen LogP contribution in [0.15, 0.2) is 6.07 Å². The van der Waals surface area contributed by atoms with Crippen LogP contribution in [0.4, 0.5) is 5.69 Å². The van der Waals surface area contributed by atoms with Crippen LogP contribution in [-0.4, -0.2) is 30.8 Å². The van der Waals surface area contributed by atoms with Crippen LogP contribution >= 0.6 is 0 Å². The molecule has 0 aliphatic rings. The van der Waals surface area contributed by atoms with Gasteiger partial charge in [0.25, 0.3) is 5.91 Å². The zero-order valence-electron chi connectivity index (χ0n) is 12.8. The van der Waals surface area contributed by atoms with E-state index >= 15 is 0 Å². The average Bonchev–Trinajstić information content (AvgIpc) is 2.30. The Bertz CT molecular complexity index is 501. The number of ether oxygens (including phenoxy) is 1. The highest BCUT2D eigenvalue weighted by Gasteiger charge is 2.30. The molecule has 1 amide bonds. The Hall–Kier alpha value is -1.55.